The number of nitrogens with zero attached hydrogens (tertiary/aromatic N) is 1. The first-order valence-corrected chi connectivity index (χ1v) is 8.87. The number of nitrogens with one attached hydrogen (secondary N) is 1. The molecule has 0 aliphatic carbocycles. The lowest BCUT2D eigenvalue weighted by Gasteiger charge is -2.50. The van der Waals surface area contributed by atoms with Gasteiger partial charge in [-0.15, -0.1) is 0 Å². The third-order valence-corrected chi connectivity index (χ3v) is 5.19. The summed E-state index contributed by atoms with van der Waals surface area (Å²) < 4.78 is 85.3. The van der Waals surface area contributed by atoms with Gasteiger partial charge in [-0.25, -0.2) is 0 Å². The Morgan fingerprint density at radius 2 is 1.63 bits per heavy atom. The summed E-state index contributed by atoms with van der Waals surface area (Å²) in [6, 6.07) is 9.02. The zero-order chi connectivity index (χ0) is 19.7. The average Bonchev–Trinajstić information content (AvgIpc) is 2.53. The first kappa shape index (κ1) is 20.4. The van der Waals surface area contributed by atoms with Crippen LogP contribution in [0, 0.1) is 5.92 Å². The van der Waals surface area contributed by atoms with Gasteiger partial charge in [0.15, 0.2) is 5.92 Å². The molecule has 2 heterocycles. The summed E-state index contributed by atoms with van der Waals surface area (Å²) in [7, 11) is 0. The Morgan fingerprint density at radius 3 is 2.19 bits per heavy atom. The van der Waals surface area contributed by atoms with Crippen molar-refractivity contribution in [2.75, 3.05) is 26.2 Å². The maximum Gasteiger partial charge on any atom is 0.403 e. The second kappa shape index (κ2) is 7.60. The Balaban J connectivity index is 1.88. The fraction of sp³-hybridized carbons (Fsp3) is 0.667. The first-order chi connectivity index (χ1) is 12.6. The largest absolute Gasteiger partial charge is 0.403 e. The van der Waals surface area contributed by atoms with Crippen LogP contribution in [0.25, 0.3) is 0 Å². The van der Waals surface area contributed by atoms with Gasteiger partial charge in [-0.3, -0.25) is 4.90 Å². The summed E-state index contributed by atoms with van der Waals surface area (Å²) in [4.78, 5) is 1.67. The van der Waals surface area contributed by atoms with Crippen LogP contribution in [-0.4, -0.2) is 55.1 Å². The van der Waals surface area contributed by atoms with E-state index in [-0.39, 0.29) is 6.54 Å². The van der Waals surface area contributed by atoms with E-state index in [1.165, 1.54) is 0 Å². The van der Waals surface area contributed by atoms with E-state index in [4.69, 9.17) is 4.74 Å². The monoisotopic (exact) mass is 396 g/mol. The van der Waals surface area contributed by atoms with Crippen molar-refractivity contribution in [2.24, 2.45) is 5.92 Å². The molecule has 3 rings (SSSR count). The topological polar surface area (TPSA) is 24.5 Å². The van der Waals surface area contributed by atoms with Crippen LogP contribution in [0.1, 0.15) is 18.4 Å². The molecule has 1 atom stereocenters. The Kier molecular flexibility index (Phi) is 5.74. The lowest BCUT2D eigenvalue weighted by molar-refractivity contribution is -0.330. The Hall–Kier alpha value is -1.32. The number of alkyl halides is 6. The van der Waals surface area contributed by atoms with E-state index in [0.29, 0.717) is 32.5 Å². The number of hydrogen-bond donors (Lipinski definition) is 1. The number of hydrogen-bond acceptors (Lipinski definition) is 3. The Bertz CT molecular complexity index is 599. The lowest BCUT2D eigenvalue weighted by atomic mass is 9.87. The summed E-state index contributed by atoms with van der Waals surface area (Å²) in [6.07, 6.45) is -12.0. The molecule has 0 saturated carbocycles. The highest BCUT2D eigenvalue weighted by molar-refractivity contribution is 5.15. The lowest BCUT2D eigenvalue weighted by Crippen LogP contribution is -2.63. The summed E-state index contributed by atoms with van der Waals surface area (Å²) >= 11 is 0. The molecule has 2 aliphatic rings. The fourth-order valence-corrected chi connectivity index (χ4v) is 4.02. The summed E-state index contributed by atoms with van der Waals surface area (Å²) in [6.45, 7) is 1.22. The number of halogens is 6. The molecule has 1 aromatic carbocycles. The summed E-state index contributed by atoms with van der Waals surface area (Å²) in [5, 5.41) is 3.08. The van der Waals surface area contributed by atoms with Crippen molar-refractivity contribution >= 4 is 0 Å². The van der Waals surface area contributed by atoms with E-state index < -0.39 is 36.5 Å². The minimum absolute atomic E-state index is 0.290. The predicted molar refractivity (Wildman–Crippen MR) is 87.0 cm³/mol. The Labute approximate surface area is 153 Å². The van der Waals surface area contributed by atoms with Gasteiger partial charge in [0, 0.05) is 19.6 Å². The molecule has 0 radical (unpaired) electrons. The van der Waals surface area contributed by atoms with Crippen LogP contribution >= 0.6 is 0 Å². The van der Waals surface area contributed by atoms with E-state index >= 15 is 0 Å². The van der Waals surface area contributed by atoms with Gasteiger partial charge in [0.25, 0.3) is 0 Å². The van der Waals surface area contributed by atoms with Gasteiger partial charge in [0.1, 0.15) is 0 Å². The maximum atomic E-state index is 13.3. The van der Waals surface area contributed by atoms with Crippen LogP contribution < -0.4 is 5.32 Å². The number of piperidine rings is 1. The van der Waals surface area contributed by atoms with E-state index in [9.17, 15) is 26.3 Å². The molecule has 9 heteroatoms. The number of benzene rings is 1. The first-order valence-electron chi connectivity index (χ1n) is 8.87. The summed E-state index contributed by atoms with van der Waals surface area (Å²) in [5.41, 5.74) is -0.143. The SMILES string of the molecule is FC(F)(F)C(C1CN(Cc2ccccc2)CC2(CCNCC2)O1)C(F)(F)F. The van der Waals surface area contributed by atoms with Gasteiger partial charge in [-0.2, -0.15) is 26.3 Å². The molecule has 0 bridgehead atoms. The number of rotatable bonds is 3. The normalized spacial score (nSPS) is 24.5. The Morgan fingerprint density at radius 1 is 1.04 bits per heavy atom. The minimum atomic E-state index is -5.41. The number of morpholine rings is 1. The summed E-state index contributed by atoms with van der Waals surface area (Å²) in [5.74, 6) is -3.49. The number of ether oxygens (including phenoxy) is 1. The van der Waals surface area contributed by atoms with Crippen LogP contribution in [0.15, 0.2) is 30.3 Å². The predicted octanol–water partition coefficient (Wildman–Crippen LogP) is 3.75. The minimum Gasteiger partial charge on any atom is -0.368 e. The van der Waals surface area contributed by atoms with Crippen LogP contribution in [0.4, 0.5) is 26.3 Å². The van der Waals surface area contributed by atoms with Crippen molar-refractivity contribution in [1.29, 1.82) is 0 Å². The van der Waals surface area contributed by atoms with Crippen LogP contribution in [-0.2, 0) is 11.3 Å². The van der Waals surface area contributed by atoms with Crippen molar-refractivity contribution in [3.05, 3.63) is 35.9 Å². The molecule has 152 valence electrons. The van der Waals surface area contributed by atoms with E-state index in [2.05, 4.69) is 5.32 Å². The molecule has 0 aromatic heterocycles. The fourth-order valence-electron chi connectivity index (χ4n) is 4.02. The van der Waals surface area contributed by atoms with Crippen molar-refractivity contribution in [2.45, 2.75) is 43.4 Å². The van der Waals surface area contributed by atoms with Gasteiger partial charge in [0.2, 0.25) is 0 Å². The van der Waals surface area contributed by atoms with Crippen molar-refractivity contribution < 1.29 is 31.1 Å². The van der Waals surface area contributed by atoms with E-state index in [1.807, 2.05) is 18.2 Å². The molecular weight excluding hydrogens is 374 g/mol. The molecule has 2 aliphatic heterocycles. The highest BCUT2D eigenvalue weighted by atomic mass is 19.4. The van der Waals surface area contributed by atoms with Crippen molar-refractivity contribution in [3.8, 4) is 0 Å². The van der Waals surface area contributed by atoms with Crippen LogP contribution in [0.5, 0.6) is 0 Å². The molecule has 2 saturated heterocycles. The van der Waals surface area contributed by atoms with Gasteiger partial charge in [0.05, 0.1) is 11.7 Å². The highest BCUT2D eigenvalue weighted by Crippen LogP contribution is 2.45. The standard InChI is InChI=1S/C18H22F6N2O/c19-17(20,21)15(18(22,23)24)14-11-26(10-13-4-2-1-3-5-13)12-16(27-14)6-8-25-9-7-16/h1-5,14-15,25H,6-12H2. The molecule has 27 heavy (non-hydrogen) atoms. The van der Waals surface area contributed by atoms with E-state index in [1.54, 1.807) is 17.0 Å². The van der Waals surface area contributed by atoms with Crippen LogP contribution in [0.3, 0.4) is 0 Å². The molecule has 1 N–H and O–H groups in total. The van der Waals surface area contributed by atoms with Gasteiger partial charge in [-0.05, 0) is 31.5 Å². The zero-order valence-corrected chi connectivity index (χ0v) is 14.6. The van der Waals surface area contributed by atoms with Crippen molar-refractivity contribution in [1.82, 2.24) is 10.2 Å². The van der Waals surface area contributed by atoms with Crippen LogP contribution in [0.2, 0.25) is 0 Å². The zero-order valence-electron chi connectivity index (χ0n) is 14.6. The van der Waals surface area contributed by atoms with Gasteiger partial charge < -0.3 is 10.1 Å². The molecule has 1 spiro atoms. The second-order valence-electron chi connectivity index (χ2n) is 7.31. The second-order valence-corrected chi connectivity index (χ2v) is 7.31. The maximum absolute atomic E-state index is 13.3. The quantitative estimate of drug-likeness (QED) is 0.788. The van der Waals surface area contributed by atoms with Gasteiger partial charge in [-0.1, -0.05) is 30.3 Å². The molecule has 1 unspecified atom stereocenters. The molecular formula is C18H22F6N2O. The third kappa shape index (κ3) is 4.94. The third-order valence-electron chi connectivity index (χ3n) is 5.19. The van der Waals surface area contributed by atoms with E-state index in [0.717, 1.165) is 5.56 Å². The average molecular weight is 396 g/mol. The molecule has 0 amide bonds. The molecule has 3 nitrogen and oxygen atoms in total. The van der Waals surface area contributed by atoms with Crippen molar-refractivity contribution in [3.63, 3.8) is 0 Å². The smallest absolute Gasteiger partial charge is 0.368 e. The van der Waals surface area contributed by atoms with Gasteiger partial charge >= 0.3 is 12.4 Å². The highest BCUT2D eigenvalue weighted by Gasteiger charge is 2.63. The molecule has 1 aromatic rings. The molecule has 2 fully saturated rings.